The molecule has 0 radical (unpaired) electrons. The Morgan fingerprint density at radius 2 is 1.58 bits per heavy atom. The van der Waals surface area contributed by atoms with Crippen LogP contribution >= 0.6 is 0 Å². The van der Waals surface area contributed by atoms with Gasteiger partial charge in [-0.2, -0.15) is 0 Å². The molecule has 154 valence electrons. The van der Waals surface area contributed by atoms with E-state index in [1.165, 1.54) is 0 Å². The minimum atomic E-state index is 0.0664. The maximum Gasteiger partial charge on any atom is 0.253 e. The van der Waals surface area contributed by atoms with E-state index >= 15 is 0 Å². The van der Waals surface area contributed by atoms with Crippen molar-refractivity contribution in [2.75, 3.05) is 31.1 Å². The van der Waals surface area contributed by atoms with E-state index in [-0.39, 0.29) is 5.91 Å². The molecule has 1 aliphatic heterocycles. The van der Waals surface area contributed by atoms with Crippen molar-refractivity contribution in [2.24, 2.45) is 0 Å². The van der Waals surface area contributed by atoms with Crippen molar-refractivity contribution < 1.29 is 4.79 Å². The molecule has 1 aromatic carbocycles. The summed E-state index contributed by atoms with van der Waals surface area (Å²) in [6.45, 7) is 2.77. The molecule has 1 fully saturated rings. The van der Waals surface area contributed by atoms with Gasteiger partial charge in [-0.15, -0.1) is 10.2 Å². The number of aromatic nitrogens is 4. The molecule has 0 saturated carbocycles. The van der Waals surface area contributed by atoms with Crippen LogP contribution in [0, 0.1) is 0 Å². The molecule has 0 spiro atoms. The van der Waals surface area contributed by atoms with Crippen LogP contribution in [-0.2, 0) is 0 Å². The summed E-state index contributed by atoms with van der Waals surface area (Å²) in [6, 6.07) is 19.5. The molecule has 0 N–H and O–H groups in total. The van der Waals surface area contributed by atoms with Gasteiger partial charge in [-0.05, 0) is 60.7 Å². The zero-order chi connectivity index (χ0) is 21.0. The van der Waals surface area contributed by atoms with Crippen molar-refractivity contribution in [3.63, 3.8) is 0 Å². The molecule has 0 unspecified atom stereocenters. The van der Waals surface area contributed by atoms with Gasteiger partial charge >= 0.3 is 0 Å². The molecule has 0 bridgehead atoms. The van der Waals surface area contributed by atoms with Crippen LogP contribution in [0.1, 0.15) is 10.4 Å². The van der Waals surface area contributed by atoms with Crippen molar-refractivity contribution in [3.05, 3.63) is 91.0 Å². The summed E-state index contributed by atoms with van der Waals surface area (Å²) in [4.78, 5) is 21.1. The van der Waals surface area contributed by atoms with Crippen LogP contribution in [0.15, 0.2) is 85.5 Å². The molecular weight excluding hydrogens is 388 g/mol. The van der Waals surface area contributed by atoms with Crippen LogP contribution in [0.25, 0.3) is 16.9 Å². The van der Waals surface area contributed by atoms with Gasteiger partial charge in [0.2, 0.25) is 0 Å². The number of pyridine rings is 1. The van der Waals surface area contributed by atoms with E-state index in [9.17, 15) is 4.79 Å². The summed E-state index contributed by atoms with van der Waals surface area (Å²) in [5.74, 6) is 0.896. The normalized spacial score (nSPS) is 13.9. The van der Waals surface area contributed by atoms with Crippen LogP contribution in [0.2, 0.25) is 0 Å². The number of hydrogen-bond donors (Lipinski definition) is 0. The summed E-state index contributed by atoms with van der Waals surface area (Å²) in [6.07, 6.45) is 7.49. The zero-order valence-corrected chi connectivity index (χ0v) is 17.0. The van der Waals surface area contributed by atoms with E-state index < -0.39 is 0 Å². The van der Waals surface area contributed by atoms with Crippen molar-refractivity contribution in [1.82, 2.24) is 24.6 Å². The molecule has 0 aliphatic carbocycles. The second kappa shape index (κ2) is 8.39. The van der Waals surface area contributed by atoms with Crippen molar-refractivity contribution in [3.8, 4) is 16.9 Å². The van der Waals surface area contributed by atoms with Gasteiger partial charge < -0.3 is 14.4 Å². The van der Waals surface area contributed by atoms with Crippen LogP contribution in [0.3, 0.4) is 0 Å². The highest BCUT2D eigenvalue weighted by atomic mass is 16.2. The predicted molar refractivity (Wildman–Crippen MR) is 119 cm³/mol. The molecule has 4 aromatic rings. The molecule has 0 atom stereocenters. The zero-order valence-electron chi connectivity index (χ0n) is 17.0. The van der Waals surface area contributed by atoms with Gasteiger partial charge in [-0.1, -0.05) is 0 Å². The highest BCUT2D eigenvalue weighted by molar-refractivity contribution is 5.94. The largest absolute Gasteiger partial charge is 0.352 e. The molecule has 3 aromatic heterocycles. The highest BCUT2D eigenvalue weighted by Gasteiger charge is 2.23. The molecule has 1 saturated heterocycles. The van der Waals surface area contributed by atoms with Crippen molar-refractivity contribution in [2.45, 2.75) is 0 Å². The Morgan fingerprint density at radius 3 is 2.23 bits per heavy atom. The fraction of sp³-hybridized carbons (Fsp3) is 0.167. The number of piperazine rings is 1. The average molecular weight is 410 g/mol. The lowest BCUT2D eigenvalue weighted by Crippen LogP contribution is -2.49. The van der Waals surface area contributed by atoms with Crippen LogP contribution < -0.4 is 4.90 Å². The smallest absolute Gasteiger partial charge is 0.253 e. The Bertz CT molecular complexity index is 1130. The number of rotatable bonds is 4. The summed E-state index contributed by atoms with van der Waals surface area (Å²) in [5, 5.41) is 8.72. The summed E-state index contributed by atoms with van der Waals surface area (Å²) < 4.78 is 2.02. The number of benzene rings is 1. The monoisotopic (exact) mass is 410 g/mol. The SMILES string of the molecule is O=C(c1ccc(-n2cccc2)cc1)N1CCN(c2ccc(-c3cccnc3)nn2)CC1. The van der Waals surface area contributed by atoms with Crippen LogP contribution in [-0.4, -0.2) is 56.7 Å². The molecular formula is C24H22N6O. The van der Waals surface area contributed by atoms with Gasteiger partial charge in [-0.3, -0.25) is 9.78 Å². The Balaban J connectivity index is 1.20. The third kappa shape index (κ3) is 4.02. The highest BCUT2D eigenvalue weighted by Crippen LogP contribution is 2.19. The Hall–Kier alpha value is -4.00. The second-order valence-corrected chi connectivity index (χ2v) is 7.43. The number of amides is 1. The molecule has 7 heteroatoms. The minimum Gasteiger partial charge on any atom is -0.352 e. The first kappa shape index (κ1) is 19.0. The van der Waals surface area contributed by atoms with Gasteiger partial charge in [0, 0.05) is 67.8 Å². The first-order chi connectivity index (χ1) is 15.3. The van der Waals surface area contributed by atoms with E-state index in [4.69, 9.17) is 0 Å². The van der Waals surface area contributed by atoms with Gasteiger partial charge in [-0.25, -0.2) is 0 Å². The second-order valence-electron chi connectivity index (χ2n) is 7.43. The number of nitrogens with zero attached hydrogens (tertiary/aromatic N) is 6. The number of hydrogen-bond acceptors (Lipinski definition) is 5. The summed E-state index contributed by atoms with van der Waals surface area (Å²) in [7, 11) is 0. The molecule has 5 rings (SSSR count). The summed E-state index contributed by atoms with van der Waals surface area (Å²) >= 11 is 0. The molecule has 1 amide bonds. The number of carbonyl (C=O) groups is 1. The Labute approximate surface area is 180 Å². The summed E-state index contributed by atoms with van der Waals surface area (Å²) in [5.41, 5.74) is 3.50. The lowest BCUT2D eigenvalue weighted by molar-refractivity contribution is 0.0746. The maximum absolute atomic E-state index is 12.9. The van der Waals surface area contributed by atoms with Crippen molar-refractivity contribution in [1.29, 1.82) is 0 Å². The van der Waals surface area contributed by atoms with Gasteiger partial charge in [0.15, 0.2) is 5.82 Å². The van der Waals surface area contributed by atoms with E-state index in [0.29, 0.717) is 18.7 Å². The third-order valence-corrected chi connectivity index (χ3v) is 5.52. The van der Waals surface area contributed by atoms with Crippen LogP contribution in [0.5, 0.6) is 0 Å². The predicted octanol–water partition coefficient (Wildman–Crippen LogP) is 3.29. The standard InChI is InChI=1S/C24H22N6O/c31-24(19-5-7-21(8-6-19)28-12-1-2-13-28)30-16-14-29(15-17-30)23-10-9-22(26-27-23)20-4-3-11-25-18-20/h1-13,18H,14-17H2. The Morgan fingerprint density at radius 1 is 0.806 bits per heavy atom. The topological polar surface area (TPSA) is 67.2 Å². The molecule has 31 heavy (non-hydrogen) atoms. The maximum atomic E-state index is 12.9. The van der Waals surface area contributed by atoms with E-state index in [1.54, 1.807) is 12.4 Å². The van der Waals surface area contributed by atoms with Crippen molar-refractivity contribution >= 4 is 11.7 Å². The lowest BCUT2D eigenvalue weighted by Gasteiger charge is -2.35. The van der Waals surface area contributed by atoms with Gasteiger partial charge in [0.05, 0.1) is 5.69 Å². The fourth-order valence-electron chi connectivity index (χ4n) is 3.77. The first-order valence-corrected chi connectivity index (χ1v) is 10.3. The van der Waals surface area contributed by atoms with Gasteiger partial charge in [0.25, 0.3) is 5.91 Å². The van der Waals surface area contributed by atoms with E-state index in [1.807, 2.05) is 82.5 Å². The molecule has 7 nitrogen and oxygen atoms in total. The lowest BCUT2D eigenvalue weighted by atomic mass is 10.1. The Kier molecular flexibility index (Phi) is 5.14. The minimum absolute atomic E-state index is 0.0664. The average Bonchev–Trinajstić information content (AvgIpc) is 3.40. The quantitative estimate of drug-likeness (QED) is 0.517. The molecule has 1 aliphatic rings. The number of carbonyl (C=O) groups excluding carboxylic acids is 1. The first-order valence-electron chi connectivity index (χ1n) is 10.3. The number of anilines is 1. The van der Waals surface area contributed by atoms with Crippen LogP contribution in [0.4, 0.5) is 5.82 Å². The van der Waals surface area contributed by atoms with E-state index in [0.717, 1.165) is 35.9 Å². The van der Waals surface area contributed by atoms with Gasteiger partial charge in [0.1, 0.15) is 0 Å². The fourth-order valence-corrected chi connectivity index (χ4v) is 3.77. The third-order valence-electron chi connectivity index (χ3n) is 5.52. The van der Waals surface area contributed by atoms with E-state index in [2.05, 4.69) is 20.1 Å². The molecule has 4 heterocycles.